The summed E-state index contributed by atoms with van der Waals surface area (Å²) >= 11 is 0. The van der Waals surface area contributed by atoms with Gasteiger partial charge in [-0.3, -0.25) is 9.69 Å². The van der Waals surface area contributed by atoms with E-state index in [0.717, 1.165) is 11.3 Å². The second kappa shape index (κ2) is 8.02. The first-order chi connectivity index (χ1) is 11.3. The predicted octanol–water partition coefficient (Wildman–Crippen LogP) is 3.48. The summed E-state index contributed by atoms with van der Waals surface area (Å²) in [4.78, 5) is 14.7. The third kappa shape index (κ3) is 4.97. The molecule has 0 heterocycles. The number of aryl methyl sites for hydroxylation is 1. The van der Waals surface area contributed by atoms with Gasteiger partial charge < -0.3 is 10.1 Å². The molecule has 24 heavy (non-hydrogen) atoms. The lowest BCUT2D eigenvalue weighted by atomic mass is 10.0. The van der Waals surface area contributed by atoms with Crippen LogP contribution in [0.3, 0.4) is 0 Å². The average Bonchev–Trinajstić information content (AvgIpc) is 3.38. The highest BCUT2D eigenvalue weighted by molar-refractivity contribution is 5.80. The van der Waals surface area contributed by atoms with Crippen LogP contribution in [0.25, 0.3) is 0 Å². The second-order valence-corrected chi connectivity index (χ2v) is 7.43. The molecule has 0 aromatic heterocycles. The van der Waals surface area contributed by atoms with Gasteiger partial charge >= 0.3 is 0 Å². The van der Waals surface area contributed by atoms with E-state index in [1.807, 2.05) is 19.9 Å². The Morgan fingerprint density at radius 1 is 1.29 bits per heavy atom. The lowest BCUT2D eigenvalue weighted by Gasteiger charge is -2.25. The fraction of sp³-hybridized carbons (Fsp3) is 0.650. The number of carbonyl (C=O) groups is 1. The third-order valence-electron chi connectivity index (χ3n) is 4.94. The van der Waals surface area contributed by atoms with Crippen LogP contribution in [0, 0.1) is 6.92 Å². The number of nitrogens with one attached hydrogen (secondary N) is 1. The second-order valence-electron chi connectivity index (χ2n) is 7.43. The van der Waals surface area contributed by atoms with Crippen molar-refractivity contribution in [3.63, 3.8) is 0 Å². The van der Waals surface area contributed by atoms with Gasteiger partial charge in [0, 0.05) is 18.6 Å². The number of hydrogen-bond donors (Lipinski definition) is 1. The normalized spacial score (nSPS) is 17.0. The fourth-order valence-electron chi connectivity index (χ4n) is 2.72. The average molecular weight is 332 g/mol. The Balaban J connectivity index is 1.88. The Morgan fingerprint density at radius 2 is 1.96 bits per heavy atom. The smallest absolute Gasteiger partial charge is 0.260 e. The highest BCUT2D eigenvalue weighted by Gasteiger charge is 2.29. The van der Waals surface area contributed by atoms with Crippen molar-refractivity contribution in [3.05, 3.63) is 29.3 Å². The number of hydrogen-bond acceptors (Lipinski definition) is 3. The molecule has 0 radical (unpaired) electrons. The van der Waals surface area contributed by atoms with Gasteiger partial charge in [-0.05, 0) is 63.8 Å². The van der Waals surface area contributed by atoms with Crippen molar-refractivity contribution < 1.29 is 9.53 Å². The highest BCUT2D eigenvalue weighted by atomic mass is 16.5. The molecule has 0 bridgehead atoms. The summed E-state index contributed by atoms with van der Waals surface area (Å²) in [5, 5.41) is 3.02. The van der Waals surface area contributed by atoms with Gasteiger partial charge in [-0.2, -0.15) is 0 Å². The largest absolute Gasteiger partial charge is 0.481 e. The molecule has 2 rings (SSSR count). The first-order valence-corrected chi connectivity index (χ1v) is 9.06. The van der Waals surface area contributed by atoms with Crippen LogP contribution in [0.15, 0.2) is 18.2 Å². The number of amides is 1. The zero-order valence-corrected chi connectivity index (χ0v) is 15.9. The number of ether oxygens (including phenoxy) is 1. The van der Waals surface area contributed by atoms with Crippen LogP contribution >= 0.6 is 0 Å². The van der Waals surface area contributed by atoms with Gasteiger partial charge in [0.15, 0.2) is 6.10 Å². The number of benzene rings is 1. The van der Waals surface area contributed by atoms with E-state index in [0.29, 0.717) is 24.5 Å². The van der Waals surface area contributed by atoms with Crippen LogP contribution in [0.5, 0.6) is 5.75 Å². The van der Waals surface area contributed by atoms with E-state index in [2.05, 4.69) is 50.2 Å². The maximum atomic E-state index is 12.3. The maximum absolute atomic E-state index is 12.3. The van der Waals surface area contributed by atoms with Crippen LogP contribution in [0.2, 0.25) is 0 Å². The van der Waals surface area contributed by atoms with E-state index in [-0.39, 0.29) is 5.91 Å². The molecule has 4 nitrogen and oxygen atoms in total. The van der Waals surface area contributed by atoms with E-state index in [4.69, 9.17) is 4.74 Å². The fourth-order valence-corrected chi connectivity index (χ4v) is 2.72. The topological polar surface area (TPSA) is 41.6 Å². The van der Waals surface area contributed by atoms with Gasteiger partial charge in [-0.15, -0.1) is 0 Å². The molecule has 134 valence electrons. The molecule has 1 saturated carbocycles. The van der Waals surface area contributed by atoms with E-state index in [9.17, 15) is 4.79 Å². The Labute approximate surface area is 146 Å². The lowest BCUT2D eigenvalue weighted by molar-refractivity contribution is -0.127. The summed E-state index contributed by atoms with van der Waals surface area (Å²) in [6, 6.07) is 7.27. The van der Waals surface area contributed by atoms with E-state index >= 15 is 0 Å². The number of nitrogens with zero attached hydrogens (tertiary/aromatic N) is 1. The van der Waals surface area contributed by atoms with Gasteiger partial charge in [0.2, 0.25) is 0 Å². The lowest BCUT2D eigenvalue weighted by Crippen LogP contribution is -2.44. The SMILES string of the molecule is Cc1ccc(C(C)C)cc1OC(C)C(=O)NCC(C)N(C)C1CC1. The molecule has 1 aliphatic rings. The van der Waals surface area contributed by atoms with Gasteiger partial charge in [0.25, 0.3) is 5.91 Å². The number of rotatable bonds is 8. The van der Waals surface area contributed by atoms with E-state index in [1.54, 1.807) is 0 Å². The van der Waals surface area contributed by atoms with Crippen LogP contribution in [0.4, 0.5) is 0 Å². The monoisotopic (exact) mass is 332 g/mol. The minimum atomic E-state index is -0.496. The third-order valence-corrected chi connectivity index (χ3v) is 4.94. The van der Waals surface area contributed by atoms with Crippen LogP contribution in [0.1, 0.15) is 57.6 Å². The Hall–Kier alpha value is -1.55. The van der Waals surface area contributed by atoms with Gasteiger partial charge in [0.1, 0.15) is 5.75 Å². The Morgan fingerprint density at radius 3 is 2.54 bits per heavy atom. The van der Waals surface area contributed by atoms with Gasteiger partial charge in [0.05, 0.1) is 0 Å². The molecule has 1 N–H and O–H groups in total. The molecular weight excluding hydrogens is 300 g/mol. The molecule has 2 unspecified atom stereocenters. The minimum absolute atomic E-state index is 0.0552. The van der Waals surface area contributed by atoms with Crippen molar-refractivity contribution >= 4 is 5.91 Å². The van der Waals surface area contributed by atoms with E-state index < -0.39 is 6.10 Å². The number of likely N-dealkylation sites (N-methyl/N-ethyl adjacent to an activating group) is 1. The van der Waals surface area contributed by atoms with Crippen LogP contribution < -0.4 is 10.1 Å². The van der Waals surface area contributed by atoms with Crippen LogP contribution in [-0.2, 0) is 4.79 Å². The highest BCUT2D eigenvalue weighted by Crippen LogP contribution is 2.27. The molecule has 1 aliphatic carbocycles. The van der Waals surface area contributed by atoms with Crippen molar-refractivity contribution in [3.8, 4) is 5.75 Å². The molecule has 1 amide bonds. The van der Waals surface area contributed by atoms with Gasteiger partial charge in [-0.25, -0.2) is 0 Å². The quantitative estimate of drug-likeness (QED) is 0.792. The zero-order valence-electron chi connectivity index (χ0n) is 15.9. The molecule has 0 saturated heterocycles. The maximum Gasteiger partial charge on any atom is 0.260 e. The molecule has 2 atom stereocenters. The summed E-state index contributed by atoms with van der Waals surface area (Å²) in [5.41, 5.74) is 2.28. The molecule has 0 aliphatic heterocycles. The van der Waals surface area contributed by atoms with Crippen molar-refractivity contribution in [1.29, 1.82) is 0 Å². The molecule has 4 heteroatoms. The molecule has 1 aromatic rings. The summed E-state index contributed by atoms with van der Waals surface area (Å²) in [7, 11) is 2.13. The van der Waals surface area contributed by atoms with Crippen LogP contribution in [-0.4, -0.2) is 42.6 Å². The van der Waals surface area contributed by atoms with Crippen molar-refractivity contribution in [2.24, 2.45) is 0 Å². The minimum Gasteiger partial charge on any atom is -0.481 e. The summed E-state index contributed by atoms with van der Waals surface area (Å²) < 4.78 is 5.92. The summed E-state index contributed by atoms with van der Waals surface area (Å²) in [5.74, 6) is 1.18. The first-order valence-electron chi connectivity index (χ1n) is 9.06. The summed E-state index contributed by atoms with van der Waals surface area (Å²) in [6.07, 6.45) is 2.06. The molecule has 0 spiro atoms. The van der Waals surface area contributed by atoms with Crippen molar-refractivity contribution in [2.45, 2.75) is 71.6 Å². The van der Waals surface area contributed by atoms with Gasteiger partial charge in [-0.1, -0.05) is 26.0 Å². The zero-order chi connectivity index (χ0) is 17.9. The Kier molecular flexibility index (Phi) is 6.27. The van der Waals surface area contributed by atoms with Crippen molar-refractivity contribution in [2.75, 3.05) is 13.6 Å². The molecular formula is C20H32N2O2. The van der Waals surface area contributed by atoms with Crippen molar-refractivity contribution in [1.82, 2.24) is 10.2 Å². The number of carbonyl (C=O) groups excluding carboxylic acids is 1. The Bertz CT molecular complexity index is 567. The van der Waals surface area contributed by atoms with E-state index in [1.165, 1.54) is 18.4 Å². The standard InChI is InChI=1S/C20H32N2O2/c1-13(2)17-8-7-14(3)19(11-17)24-16(5)20(23)21-12-15(4)22(6)18-9-10-18/h7-8,11,13,15-16,18H,9-10,12H2,1-6H3,(H,21,23). The molecule has 1 aromatic carbocycles. The summed E-state index contributed by atoms with van der Waals surface area (Å²) in [6.45, 7) is 10.9. The first kappa shape index (κ1) is 18.8. The predicted molar refractivity (Wildman–Crippen MR) is 98.6 cm³/mol. The molecule has 1 fully saturated rings.